The van der Waals surface area contributed by atoms with Crippen molar-refractivity contribution in [3.8, 4) is 0 Å². The maximum Gasteiger partial charge on any atom is -0.000664 e. The van der Waals surface area contributed by atoms with Crippen LogP contribution in [0.15, 0.2) is 0 Å². The van der Waals surface area contributed by atoms with Crippen LogP contribution in [0.3, 0.4) is 0 Å². The third-order valence-electron chi connectivity index (χ3n) is 5.39. The van der Waals surface area contributed by atoms with Gasteiger partial charge in [0.25, 0.3) is 0 Å². The van der Waals surface area contributed by atoms with E-state index >= 15 is 0 Å². The number of unbranched alkanes of at least 4 members (excludes halogenated alkanes) is 1. The van der Waals surface area contributed by atoms with E-state index in [4.69, 9.17) is 0 Å². The summed E-state index contributed by atoms with van der Waals surface area (Å²) in [7, 11) is 0. The zero-order chi connectivity index (χ0) is 14.0. The van der Waals surface area contributed by atoms with E-state index in [1.54, 1.807) is 0 Å². The van der Waals surface area contributed by atoms with Crippen molar-refractivity contribution in [2.75, 3.05) is 32.7 Å². The molecule has 1 N–H and O–H groups in total. The number of nitrogens with zero attached hydrogens (tertiary/aromatic N) is 1. The standard InChI is InChI=1S/C18H36N2/c1-2-3-7-17-8-10-18(11-9-17)16-19-12-6-15-20-13-4-5-14-20/h17-19H,2-16H2,1H3. The lowest BCUT2D eigenvalue weighted by Crippen LogP contribution is -2.29. The van der Waals surface area contributed by atoms with Gasteiger partial charge in [0.1, 0.15) is 0 Å². The molecule has 0 atom stereocenters. The molecular weight excluding hydrogens is 244 g/mol. The molecule has 1 saturated carbocycles. The van der Waals surface area contributed by atoms with Crippen LogP contribution in [-0.2, 0) is 0 Å². The first kappa shape index (κ1) is 16.3. The molecule has 2 rings (SSSR count). The largest absolute Gasteiger partial charge is 0.316 e. The van der Waals surface area contributed by atoms with Gasteiger partial charge in [-0.15, -0.1) is 0 Å². The summed E-state index contributed by atoms with van der Waals surface area (Å²) in [5.74, 6) is 2.03. The fraction of sp³-hybridized carbons (Fsp3) is 1.00. The van der Waals surface area contributed by atoms with Crippen molar-refractivity contribution < 1.29 is 0 Å². The van der Waals surface area contributed by atoms with Gasteiger partial charge in [0.2, 0.25) is 0 Å². The lowest BCUT2D eigenvalue weighted by Gasteiger charge is -2.28. The summed E-state index contributed by atoms with van der Waals surface area (Å²) >= 11 is 0. The monoisotopic (exact) mass is 280 g/mol. The van der Waals surface area contributed by atoms with Gasteiger partial charge < -0.3 is 10.2 Å². The molecule has 118 valence electrons. The minimum atomic E-state index is 0.972. The molecule has 0 amide bonds. The van der Waals surface area contributed by atoms with Crippen molar-refractivity contribution >= 4 is 0 Å². The molecule has 0 unspecified atom stereocenters. The summed E-state index contributed by atoms with van der Waals surface area (Å²) < 4.78 is 0. The summed E-state index contributed by atoms with van der Waals surface area (Å²) in [5, 5.41) is 3.71. The molecule has 0 radical (unpaired) electrons. The fourth-order valence-electron chi connectivity index (χ4n) is 3.96. The Morgan fingerprint density at radius 1 is 0.950 bits per heavy atom. The smallest absolute Gasteiger partial charge is 0.000664 e. The van der Waals surface area contributed by atoms with E-state index in [1.807, 2.05) is 0 Å². The molecule has 0 bridgehead atoms. The van der Waals surface area contributed by atoms with E-state index in [1.165, 1.54) is 96.9 Å². The summed E-state index contributed by atoms with van der Waals surface area (Å²) in [5.41, 5.74) is 0. The zero-order valence-electron chi connectivity index (χ0n) is 13.7. The Balaban J connectivity index is 1.42. The van der Waals surface area contributed by atoms with Gasteiger partial charge in [-0.25, -0.2) is 0 Å². The first-order valence-corrected chi connectivity index (χ1v) is 9.31. The molecule has 0 aromatic carbocycles. The van der Waals surface area contributed by atoms with Gasteiger partial charge in [-0.1, -0.05) is 39.0 Å². The molecule has 1 heterocycles. The number of nitrogens with one attached hydrogen (secondary N) is 1. The second-order valence-electron chi connectivity index (χ2n) is 7.14. The average Bonchev–Trinajstić information content (AvgIpc) is 2.99. The van der Waals surface area contributed by atoms with Crippen LogP contribution < -0.4 is 5.32 Å². The highest BCUT2D eigenvalue weighted by molar-refractivity contribution is 4.74. The van der Waals surface area contributed by atoms with Gasteiger partial charge in [-0.05, 0) is 76.7 Å². The lowest BCUT2D eigenvalue weighted by molar-refractivity contribution is 0.252. The number of rotatable bonds is 9. The van der Waals surface area contributed by atoms with Crippen LogP contribution in [0.1, 0.15) is 71.1 Å². The van der Waals surface area contributed by atoms with Crippen molar-refractivity contribution in [2.45, 2.75) is 71.1 Å². The molecule has 0 spiro atoms. The second-order valence-corrected chi connectivity index (χ2v) is 7.14. The van der Waals surface area contributed by atoms with Crippen molar-refractivity contribution in [1.29, 1.82) is 0 Å². The maximum absolute atomic E-state index is 3.71. The Morgan fingerprint density at radius 2 is 1.65 bits per heavy atom. The molecule has 1 aliphatic heterocycles. The molecule has 1 saturated heterocycles. The second kappa shape index (κ2) is 9.78. The lowest BCUT2D eigenvalue weighted by atomic mass is 9.80. The van der Waals surface area contributed by atoms with Crippen LogP contribution in [0.25, 0.3) is 0 Å². The third kappa shape index (κ3) is 6.13. The molecule has 20 heavy (non-hydrogen) atoms. The van der Waals surface area contributed by atoms with Crippen LogP contribution in [0, 0.1) is 11.8 Å². The normalized spacial score (nSPS) is 28.1. The highest BCUT2D eigenvalue weighted by Gasteiger charge is 2.20. The molecule has 2 aliphatic rings. The number of hydrogen-bond donors (Lipinski definition) is 1. The first-order valence-electron chi connectivity index (χ1n) is 9.31. The van der Waals surface area contributed by atoms with E-state index in [0.29, 0.717) is 0 Å². The Labute approximate surface area is 126 Å². The predicted octanol–water partition coefficient (Wildman–Crippen LogP) is 4.06. The van der Waals surface area contributed by atoms with Crippen LogP contribution in [-0.4, -0.2) is 37.6 Å². The maximum atomic E-state index is 3.71. The van der Waals surface area contributed by atoms with Crippen LogP contribution in [0.5, 0.6) is 0 Å². The Hall–Kier alpha value is -0.0800. The average molecular weight is 280 g/mol. The molecule has 0 aromatic heterocycles. The van der Waals surface area contributed by atoms with Crippen LogP contribution in [0.4, 0.5) is 0 Å². The number of likely N-dealkylation sites (tertiary alicyclic amines) is 1. The zero-order valence-corrected chi connectivity index (χ0v) is 13.7. The van der Waals surface area contributed by atoms with Crippen molar-refractivity contribution in [3.05, 3.63) is 0 Å². The van der Waals surface area contributed by atoms with Gasteiger partial charge >= 0.3 is 0 Å². The Morgan fingerprint density at radius 3 is 2.35 bits per heavy atom. The molecule has 2 nitrogen and oxygen atoms in total. The summed E-state index contributed by atoms with van der Waals surface area (Å²) in [6.07, 6.45) is 14.5. The summed E-state index contributed by atoms with van der Waals surface area (Å²) in [6, 6.07) is 0. The minimum Gasteiger partial charge on any atom is -0.316 e. The van der Waals surface area contributed by atoms with E-state index in [0.717, 1.165) is 11.8 Å². The minimum absolute atomic E-state index is 0.972. The molecule has 2 fully saturated rings. The predicted molar refractivity (Wildman–Crippen MR) is 88.1 cm³/mol. The van der Waals surface area contributed by atoms with Gasteiger partial charge in [0.15, 0.2) is 0 Å². The molecular formula is C18H36N2. The van der Waals surface area contributed by atoms with Gasteiger partial charge in [-0.2, -0.15) is 0 Å². The highest BCUT2D eigenvalue weighted by Crippen LogP contribution is 2.31. The Bertz CT molecular complexity index is 228. The van der Waals surface area contributed by atoms with Gasteiger partial charge in [-0.3, -0.25) is 0 Å². The van der Waals surface area contributed by atoms with Crippen LogP contribution >= 0.6 is 0 Å². The van der Waals surface area contributed by atoms with E-state index in [2.05, 4.69) is 17.1 Å². The van der Waals surface area contributed by atoms with Gasteiger partial charge in [0.05, 0.1) is 0 Å². The van der Waals surface area contributed by atoms with Gasteiger partial charge in [0, 0.05) is 0 Å². The Kier molecular flexibility index (Phi) is 7.97. The summed E-state index contributed by atoms with van der Waals surface area (Å²) in [6.45, 7) is 8.84. The van der Waals surface area contributed by atoms with Crippen molar-refractivity contribution in [1.82, 2.24) is 10.2 Å². The SMILES string of the molecule is CCCCC1CCC(CNCCCN2CCCC2)CC1. The number of hydrogen-bond acceptors (Lipinski definition) is 2. The molecule has 1 aliphatic carbocycles. The van der Waals surface area contributed by atoms with Crippen molar-refractivity contribution in [3.63, 3.8) is 0 Å². The molecule has 0 aromatic rings. The van der Waals surface area contributed by atoms with E-state index < -0.39 is 0 Å². The summed E-state index contributed by atoms with van der Waals surface area (Å²) in [4.78, 5) is 2.63. The van der Waals surface area contributed by atoms with E-state index in [9.17, 15) is 0 Å². The third-order valence-corrected chi connectivity index (χ3v) is 5.39. The topological polar surface area (TPSA) is 15.3 Å². The van der Waals surface area contributed by atoms with E-state index in [-0.39, 0.29) is 0 Å². The van der Waals surface area contributed by atoms with Crippen molar-refractivity contribution in [2.24, 2.45) is 11.8 Å². The highest BCUT2D eigenvalue weighted by atomic mass is 15.1. The first-order chi connectivity index (χ1) is 9.88. The molecule has 2 heteroatoms. The van der Waals surface area contributed by atoms with Crippen LogP contribution in [0.2, 0.25) is 0 Å². The quantitative estimate of drug-likeness (QED) is 0.641. The fourth-order valence-corrected chi connectivity index (χ4v) is 3.96.